The summed E-state index contributed by atoms with van der Waals surface area (Å²) in [6, 6.07) is 4.39. The van der Waals surface area contributed by atoms with Crippen LogP contribution >= 0.6 is 47.0 Å². The van der Waals surface area contributed by atoms with Crippen LogP contribution in [0, 0.1) is 0 Å². The first-order valence-corrected chi connectivity index (χ1v) is 7.52. The Kier molecular flexibility index (Phi) is 6.76. The van der Waals surface area contributed by atoms with Gasteiger partial charge in [0.25, 0.3) is 0 Å². The van der Waals surface area contributed by atoms with E-state index in [-0.39, 0.29) is 10.8 Å². The van der Waals surface area contributed by atoms with Crippen LogP contribution in [0.3, 0.4) is 0 Å². The zero-order valence-electron chi connectivity index (χ0n) is 11.5. The van der Waals surface area contributed by atoms with Crippen molar-refractivity contribution < 1.29 is 18.0 Å². The Labute approximate surface area is 150 Å². The second kappa shape index (κ2) is 7.74. The topological polar surface area (TPSA) is 53.2 Å². The molecule has 0 aliphatic carbocycles. The summed E-state index contributed by atoms with van der Waals surface area (Å²) in [6.07, 6.45) is -5.65. The van der Waals surface area contributed by atoms with Crippen LogP contribution in [0.2, 0.25) is 0 Å². The van der Waals surface area contributed by atoms with E-state index in [9.17, 15) is 18.0 Å². The fraction of sp³-hybridized carbons (Fsp3) is 0.333. The zero-order chi connectivity index (χ0) is 17.8. The average Bonchev–Trinajstić information content (AvgIpc) is 2.35. The number of hydrogen-bond donors (Lipinski definition) is 3. The molecule has 0 aliphatic heterocycles. The number of benzene rings is 1. The lowest BCUT2D eigenvalue weighted by atomic mass is 10.2. The SMILES string of the molecule is CC(=O)NC(NC(=S)Nc1cccc(C(F)(F)F)c1)C(Cl)(Cl)Cl. The lowest BCUT2D eigenvalue weighted by Crippen LogP contribution is -2.55. The minimum atomic E-state index is -4.48. The highest BCUT2D eigenvalue weighted by atomic mass is 35.6. The van der Waals surface area contributed by atoms with Gasteiger partial charge >= 0.3 is 6.18 Å². The summed E-state index contributed by atoms with van der Waals surface area (Å²) in [5, 5.41) is 7.22. The molecular weight excluding hydrogens is 398 g/mol. The van der Waals surface area contributed by atoms with E-state index in [1.807, 2.05) is 0 Å². The van der Waals surface area contributed by atoms with Gasteiger partial charge in [0.2, 0.25) is 9.70 Å². The van der Waals surface area contributed by atoms with Gasteiger partial charge in [-0.2, -0.15) is 13.2 Å². The van der Waals surface area contributed by atoms with Crippen molar-refractivity contribution in [3.8, 4) is 0 Å². The molecule has 128 valence electrons. The third kappa shape index (κ3) is 6.99. The molecule has 0 fully saturated rings. The Balaban J connectivity index is 2.81. The van der Waals surface area contributed by atoms with Crippen molar-refractivity contribution in [3.63, 3.8) is 0 Å². The van der Waals surface area contributed by atoms with Gasteiger partial charge in [0.15, 0.2) is 5.11 Å². The van der Waals surface area contributed by atoms with Crippen molar-refractivity contribution in [2.45, 2.75) is 23.1 Å². The highest BCUT2D eigenvalue weighted by Crippen LogP contribution is 2.31. The van der Waals surface area contributed by atoms with Crippen LogP contribution < -0.4 is 16.0 Å². The van der Waals surface area contributed by atoms with Crippen molar-refractivity contribution in [3.05, 3.63) is 29.8 Å². The molecule has 0 saturated heterocycles. The summed E-state index contributed by atoms with van der Waals surface area (Å²) in [6.45, 7) is 1.20. The van der Waals surface area contributed by atoms with E-state index in [1.165, 1.54) is 19.1 Å². The Morgan fingerprint density at radius 2 is 1.83 bits per heavy atom. The predicted molar refractivity (Wildman–Crippen MR) is 88.7 cm³/mol. The number of thiocarbonyl (C=S) groups is 1. The number of anilines is 1. The van der Waals surface area contributed by atoms with Crippen LogP contribution in [0.15, 0.2) is 24.3 Å². The van der Waals surface area contributed by atoms with Crippen molar-refractivity contribution in [1.29, 1.82) is 0 Å². The molecule has 0 bridgehead atoms. The normalized spacial score (nSPS) is 13.2. The number of alkyl halides is 6. The minimum Gasteiger partial charge on any atom is -0.339 e. The molecule has 0 saturated carbocycles. The van der Waals surface area contributed by atoms with E-state index in [4.69, 9.17) is 47.0 Å². The fourth-order valence-corrected chi connectivity index (χ4v) is 2.04. The number of carbonyl (C=O) groups excluding carboxylic acids is 1. The van der Waals surface area contributed by atoms with Crippen molar-refractivity contribution >= 4 is 63.7 Å². The molecule has 0 aliphatic rings. The van der Waals surface area contributed by atoms with E-state index < -0.39 is 27.6 Å². The van der Waals surface area contributed by atoms with Crippen molar-refractivity contribution in [2.24, 2.45) is 0 Å². The Bertz CT molecular complexity index is 593. The predicted octanol–water partition coefficient (Wildman–Crippen LogP) is 3.82. The molecule has 0 aromatic heterocycles. The maximum absolute atomic E-state index is 12.6. The maximum Gasteiger partial charge on any atom is 0.416 e. The molecule has 1 amide bonds. The van der Waals surface area contributed by atoms with E-state index in [0.717, 1.165) is 12.1 Å². The van der Waals surface area contributed by atoms with E-state index >= 15 is 0 Å². The summed E-state index contributed by atoms with van der Waals surface area (Å²) in [4.78, 5) is 11.1. The maximum atomic E-state index is 12.6. The average molecular weight is 409 g/mol. The highest BCUT2D eigenvalue weighted by Gasteiger charge is 2.34. The van der Waals surface area contributed by atoms with Gasteiger partial charge in [0.05, 0.1) is 5.56 Å². The number of carbonyl (C=O) groups is 1. The van der Waals surface area contributed by atoms with Gasteiger partial charge in [-0.1, -0.05) is 40.9 Å². The minimum absolute atomic E-state index is 0.0863. The van der Waals surface area contributed by atoms with E-state index in [1.54, 1.807) is 0 Å². The molecule has 0 radical (unpaired) electrons. The quantitative estimate of drug-likeness (QED) is 0.404. The fourth-order valence-electron chi connectivity index (χ4n) is 1.47. The van der Waals surface area contributed by atoms with Gasteiger partial charge in [-0.15, -0.1) is 0 Å². The second-order valence-corrected chi connectivity index (χ2v) is 7.13. The first-order chi connectivity index (χ1) is 10.4. The van der Waals surface area contributed by atoms with Crippen LogP contribution in [0.4, 0.5) is 18.9 Å². The van der Waals surface area contributed by atoms with Gasteiger partial charge in [-0.3, -0.25) is 4.79 Å². The molecule has 1 atom stereocenters. The molecule has 1 aromatic carbocycles. The summed E-state index contributed by atoms with van der Waals surface area (Å²) in [5.74, 6) is -0.490. The van der Waals surface area contributed by atoms with Crippen molar-refractivity contribution in [2.75, 3.05) is 5.32 Å². The molecule has 0 spiro atoms. The monoisotopic (exact) mass is 407 g/mol. The third-order valence-corrected chi connectivity index (χ3v) is 3.27. The van der Waals surface area contributed by atoms with Gasteiger partial charge in [-0.25, -0.2) is 0 Å². The number of halogens is 6. The zero-order valence-corrected chi connectivity index (χ0v) is 14.6. The molecular formula is C12H11Cl3F3N3OS. The molecule has 1 aromatic rings. The van der Waals surface area contributed by atoms with Crippen LogP contribution in [-0.4, -0.2) is 21.0 Å². The third-order valence-electron chi connectivity index (χ3n) is 2.40. The number of nitrogens with one attached hydrogen (secondary N) is 3. The molecule has 4 nitrogen and oxygen atoms in total. The van der Waals surface area contributed by atoms with Gasteiger partial charge in [0, 0.05) is 12.6 Å². The Morgan fingerprint density at radius 1 is 1.22 bits per heavy atom. The molecule has 23 heavy (non-hydrogen) atoms. The summed E-state index contributed by atoms with van der Waals surface area (Å²) < 4.78 is 36.0. The van der Waals surface area contributed by atoms with Crippen LogP contribution in [0.5, 0.6) is 0 Å². The van der Waals surface area contributed by atoms with Gasteiger partial charge in [-0.05, 0) is 30.4 Å². The Morgan fingerprint density at radius 3 is 2.30 bits per heavy atom. The smallest absolute Gasteiger partial charge is 0.339 e. The van der Waals surface area contributed by atoms with Crippen LogP contribution in [0.25, 0.3) is 0 Å². The molecule has 0 heterocycles. The van der Waals surface area contributed by atoms with Gasteiger partial charge < -0.3 is 16.0 Å². The van der Waals surface area contributed by atoms with Gasteiger partial charge in [0.1, 0.15) is 6.17 Å². The lowest BCUT2D eigenvalue weighted by molar-refractivity contribution is -0.137. The van der Waals surface area contributed by atoms with E-state index in [2.05, 4.69) is 16.0 Å². The standard InChI is InChI=1S/C12H11Cl3F3N3OS/c1-6(22)19-9(11(13,14)15)21-10(23)20-8-4-2-3-7(5-8)12(16,17)18/h2-5,9H,1H3,(H,19,22)(H2,20,21,23). The molecule has 3 N–H and O–H groups in total. The first kappa shape index (κ1) is 20.1. The lowest BCUT2D eigenvalue weighted by Gasteiger charge is -2.27. The molecule has 1 unspecified atom stereocenters. The molecule has 11 heteroatoms. The number of amides is 1. The molecule has 1 rings (SSSR count). The first-order valence-electron chi connectivity index (χ1n) is 5.98. The number of hydrogen-bond acceptors (Lipinski definition) is 2. The largest absolute Gasteiger partial charge is 0.416 e. The summed E-state index contributed by atoms with van der Waals surface area (Å²) in [5.41, 5.74) is -0.756. The summed E-state index contributed by atoms with van der Waals surface area (Å²) >= 11 is 22.0. The second-order valence-electron chi connectivity index (χ2n) is 4.35. The Hall–Kier alpha value is -0.960. The number of rotatable bonds is 3. The highest BCUT2D eigenvalue weighted by molar-refractivity contribution is 7.80. The van der Waals surface area contributed by atoms with E-state index in [0.29, 0.717) is 0 Å². The van der Waals surface area contributed by atoms with Crippen LogP contribution in [0.1, 0.15) is 12.5 Å². The van der Waals surface area contributed by atoms with Crippen LogP contribution in [-0.2, 0) is 11.0 Å². The van der Waals surface area contributed by atoms with Crippen molar-refractivity contribution in [1.82, 2.24) is 10.6 Å². The summed E-state index contributed by atoms with van der Waals surface area (Å²) in [7, 11) is 0.